The number of rotatable bonds is 3. The Morgan fingerprint density at radius 2 is 2.47 bits per heavy atom. The summed E-state index contributed by atoms with van der Waals surface area (Å²) in [5, 5.41) is 15.4. The van der Waals surface area contributed by atoms with Crippen LogP contribution in [-0.2, 0) is 0 Å². The average Bonchev–Trinajstić information content (AvgIpc) is 2.71. The molecule has 1 aliphatic rings. The normalized spacial score (nSPS) is 26.2. The SMILES string of the molecule is CC1(CO)CCCC1NC(=O)Nc1ccnc(Cl)c1. The molecule has 2 unspecified atom stereocenters. The van der Waals surface area contributed by atoms with Crippen molar-refractivity contribution in [1.82, 2.24) is 10.3 Å². The first-order chi connectivity index (χ1) is 9.03. The van der Waals surface area contributed by atoms with Gasteiger partial charge in [0.15, 0.2) is 0 Å². The lowest BCUT2D eigenvalue weighted by Crippen LogP contribution is -2.46. The van der Waals surface area contributed by atoms with Crippen molar-refractivity contribution in [3.63, 3.8) is 0 Å². The first-order valence-electron chi connectivity index (χ1n) is 6.33. The van der Waals surface area contributed by atoms with Gasteiger partial charge in [0.25, 0.3) is 0 Å². The van der Waals surface area contributed by atoms with E-state index in [2.05, 4.69) is 15.6 Å². The van der Waals surface area contributed by atoms with Crippen molar-refractivity contribution in [3.05, 3.63) is 23.5 Å². The first kappa shape index (κ1) is 14.1. The van der Waals surface area contributed by atoms with Crippen LogP contribution in [0.15, 0.2) is 18.3 Å². The number of hydrogen-bond acceptors (Lipinski definition) is 3. The molecular weight excluding hydrogens is 266 g/mol. The zero-order valence-electron chi connectivity index (χ0n) is 10.8. The maximum absolute atomic E-state index is 11.9. The number of nitrogens with one attached hydrogen (secondary N) is 2. The second kappa shape index (κ2) is 5.75. The maximum Gasteiger partial charge on any atom is 0.319 e. The molecule has 2 rings (SSSR count). The number of aromatic nitrogens is 1. The van der Waals surface area contributed by atoms with Gasteiger partial charge in [-0.3, -0.25) is 0 Å². The Labute approximate surface area is 117 Å². The van der Waals surface area contributed by atoms with Gasteiger partial charge in [-0.15, -0.1) is 0 Å². The lowest BCUT2D eigenvalue weighted by molar-refractivity contribution is 0.122. The highest BCUT2D eigenvalue weighted by Gasteiger charge is 2.39. The Bertz CT molecular complexity index is 469. The minimum atomic E-state index is -0.283. The standard InChI is InChI=1S/C13H18ClN3O2/c1-13(8-18)5-2-3-10(13)17-12(19)16-9-4-6-15-11(14)7-9/h4,6-7,10,18H,2-3,5,8H2,1H3,(H2,15,16,17,19). The van der Waals surface area contributed by atoms with Crippen LogP contribution in [0.3, 0.4) is 0 Å². The number of aliphatic hydroxyl groups is 1. The van der Waals surface area contributed by atoms with Gasteiger partial charge < -0.3 is 15.7 Å². The summed E-state index contributed by atoms with van der Waals surface area (Å²) >= 11 is 5.75. The minimum absolute atomic E-state index is 0.00481. The van der Waals surface area contributed by atoms with E-state index in [1.54, 1.807) is 12.1 Å². The monoisotopic (exact) mass is 283 g/mol. The van der Waals surface area contributed by atoms with E-state index in [0.717, 1.165) is 19.3 Å². The van der Waals surface area contributed by atoms with Gasteiger partial charge in [-0.25, -0.2) is 9.78 Å². The van der Waals surface area contributed by atoms with Gasteiger partial charge in [0, 0.05) is 23.3 Å². The molecule has 6 heteroatoms. The van der Waals surface area contributed by atoms with E-state index in [9.17, 15) is 9.90 Å². The van der Waals surface area contributed by atoms with Gasteiger partial charge >= 0.3 is 6.03 Å². The summed E-state index contributed by atoms with van der Waals surface area (Å²) in [4.78, 5) is 15.8. The predicted molar refractivity (Wildman–Crippen MR) is 74.2 cm³/mol. The van der Waals surface area contributed by atoms with Crippen LogP contribution in [-0.4, -0.2) is 28.8 Å². The molecule has 2 amide bonds. The third-order valence-corrected chi connectivity index (χ3v) is 3.94. The van der Waals surface area contributed by atoms with Gasteiger partial charge in [-0.1, -0.05) is 24.9 Å². The number of halogens is 1. The molecule has 1 aromatic heterocycles. The van der Waals surface area contributed by atoms with E-state index in [-0.39, 0.29) is 24.1 Å². The van der Waals surface area contributed by atoms with Gasteiger partial charge in [-0.2, -0.15) is 0 Å². The van der Waals surface area contributed by atoms with Crippen LogP contribution in [0.4, 0.5) is 10.5 Å². The molecule has 0 saturated heterocycles. The summed E-state index contributed by atoms with van der Waals surface area (Å²) in [5.41, 5.74) is 0.369. The number of urea groups is 1. The molecule has 0 aliphatic heterocycles. The molecule has 0 aromatic carbocycles. The van der Waals surface area contributed by atoms with Crippen LogP contribution in [0.2, 0.25) is 5.15 Å². The van der Waals surface area contributed by atoms with Gasteiger partial charge in [0.1, 0.15) is 5.15 Å². The number of anilines is 1. The molecule has 19 heavy (non-hydrogen) atoms. The molecular formula is C13H18ClN3O2. The average molecular weight is 284 g/mol. The number of aliphatic hydroxyl groups excluding tert-OH is 1. The van der Waals surface area contributed by atoms with E-state index < -0.39 is 0 Å². The number of hydrogen-bond donors (Lipinski definition) is 3. The highest BCUT2D eigenvalue weighted by atomic mass is 35.5. The van der Waals surface area contributed by atoms with Crippen LogP contribution in [0.5, 0.6) is 0 Å². The Hall–Kier alpha value is -1.33. The van der Waals surface area contributed by atoms with Crippen molar-refractivity contribution in [2.75, 3.05) is 11.9 Å². The Kier molecular flexibility index (Phi) is 4.27. The maximum atomic E-state index is 11.9. The summed E-state index contributed by atoms with van der Waals surface area (Å²) in [6, 6.07) is 2.97. The lowest BCUT2D eigenvalue weighted by atomic mass is 9.86. The van der Waals surface area contributed by atoms with E-state index >= 15 is 0 Å². The van der Waals surface area contributed by atoms with Crippen LogP contribution in [0.25, 0.3) is 0 Å². The number of nitrogens with zero attached hydrogens (tertiary/aromatic N) is 1. The fraction of sp³-hybridized carbons (Fsp3) is 0.538. The Morgan fingerprint density at radius 1 is 1.68 bits per heavy atom. The van der Waals surface area contributed by atoms with E-state index in [1.807, 2.05) is 6.92 Å². The molecule has 2 atom stereocenters. The molecule has 0 spiro atoms. The molecule has 3 N–H and O–H groups in total. The zero-order chi connectivity index (χ0) is 13.9. The first-order valence-corrected chi connectivity index (χ1v) is 6.71. The third-order valence-electron chi connectivity index (χ3n) is 3.73. The van der Waals surface area contributed by atoms with Crippen LogP contribution >= 0.6 is 11.6 Å². The third kappa shape index (κ3) is 3.36. The Morgan fingerprint density at radius 3 is 3.16 bits per heavy atom. The Balaban J connectivity index is 1.95. The fourth-order valence-electron chi connectivity index (χ4n) is 2.47. The summed E-state index contributed by atoms with van der Waals surface area (Å²) in [6.45, 7) is 2.08. The van der Waals surface area contributed by atoms with Crippen molar-refractivity contribution in [3.8, 4) is 0 Å². The molecule has 1 saturated carbocycles. The molecule has 5 nitrogen and oxygen atoms in total. The highest BCUT2D eigenvalue weighted by molar-refractivity contribution is 6.29. The molecule has 104 valence electrons. The van der Waals surface area contributed by atoms with E-state index in [0.29, 0.717) is 10.8 Å². The summed E-state index contributed by atoms with van der Waals surface area (Å²) in [6.07, 6.45) is 4.37. The summed E-state index contributed by atoms with van der Waals surface area (Å²) in [5.74, 6) is 0. The second-order valence-corrected chi connectivity index (χ2v) is 5.61. The van der Waals surface area contributed by atoms with E-state index in [1.165, 1.54) is 6.20 Å². The van der Waals surface area contributed by atoms with Crippen LogP contribution in [0.1, 0.15) is 26.2 Å². The molecule has 1 aliphatic carbocycles. The van der Waals surface area contributed by atoms with Crippen molar-refractivity contribution in [2.24, 2.45) is 5.41 Å². The smallest absolute Gasteiger partial charge is 0.319 e. The van der Waals surface area contributed by atoms with Crippen LogP contribution < -0.4 is 10.6 Å². The van der Waals surface area contributed by atoms with Crippen molar-refractivity contribution >= 4 is 23.3 Å². The molecule has 1 heterocycles. The quantitative estimate of drug-likeness (QED) is 0.746. The topological polar surface area (TPSA) is 74.2 Å². The zero-order valence-corrected chi connectivity index (χ0v) is 11.6. The minimum Gasteiger partial charge on any atom is -0.396 e. The fourth-order valence-corrected chi connectivity index (χ4v) is 2.65. The van der Waals surface area contributed by atoms with Crippen molar-refractivity contribution in [1.29, 1.82) is 0 Å². The number of amides is 2. The highest BCUT2D eigenvalue weighted by Crippen LogP contribution is 2.37. The predicted octanol–water partition coefficient (Wildman–Crippen LogP) is 2.41. The van der Waals surface area contributed by atoms with Gasteiger partial charge in [0.2, 0.25) is 0 Å². The van der Waals surface area contributed by atoms with Gasteiger partial charge in [-0.05, 0) is 25.0 Å². The molecule has 0 bridgehead atoms. The summed E-state index contributed by atoms with van der Waals surface area (Å²) in [7, 11) is 0. The van der Waals surface area contributed by atoms with Gasteiger partial charge in [0.05, 0.1) is 6.61 Å². The molecule has 0 radical (unpaired) electrons. The van der Waals surface area contributed by atoms with Crippen molar-refractivity contribution in [2.45, 2.75) is 32.2 Å². The lowest BCUT2D eigenvalue weighted by Gasteiger charge is -2.30. The number of carbonyl (C=O) groups is 1. The van der Waals surface area contributed by atoms with Crippen LogP contribution in [0, 0.1) is 5.41 Å². The van der Waals surface area contributed by atoms with E-state index in [4.69, 9.17) is 11.6 Å². The largest absolute Gasteiger partial charge is 0.396 e. The summed E-state index contributed by atoms with van der Waals surface area (Å²) < 4.78 is 0. The van der Waals surface area contributed by atoms with Crippen molar-refractivity contribution < 1.29 is 9.90 Å². The number of carbonyl (C=O) groups excluding carboxylic acids is 1. The molecule has 1 fully saturated rings. The number of pyridine rings is 1. The second-order valence-electron chi connectivity index (χ2n) is 5.22. The molecule has 1 aromatic rings.